The van der Waals surface area contributed by atoms with E-state index < -0.39 is 0 Å². The number of hydrogen-bond acceptors (Lipinski definition) is 1. The molecule has 8 heavy (non-hydrogen) atoms. The summed E-state index contributed by atoms with van der Waals surface area (Å²) in [6, 6.07) is 0. The summed E-state index contributed by atoms with van der Waals surface area (Å²) in [5, 5.41) is 0. The predicted molar refractivity (Wildman–Crippen MR) is 26.5 cm³/mol. The third kappa shape index (κ3) is 2.31. The van der Waals surface area contributed by atoms with Crippen molar-refractivity contribution in [2.75, 3.05) is 13.2 Å². The fraction of sp³-hybridized carbons (Fsp3) is 0.600. The zero-order valence-corrected chi connectivity index (χ0v) is 5.61. The van der Waals surface area contributed by atoms with E-state index >= 15 is 0 Å². The van der Waals surface area contributed by atoms with Crippen molar-refractivity contribution < 1.29 is 22.7 Å². The van der Waals surface area contributed by atoms with Gasteiger partial charge in [-0.25, -0.2) is 4.84 Å². The molecule has 2 N–H and O–H groups in total. The largest absolute Gasteiger partial charge is 1.00 e. The Bertz CT molecular complexity index is 92.4. The van der Waals surface area contributed by atoms with Crippen molar-refractivity contribution in [2.24, 2.45) is 0 Å². The molecule has 0 aromatic carbocycles. The van der Waals surface area contributed by atoms with E-state index in [-0.39, 0.29) is 12.4 Å². The Balaban J connectivity index is 0.000000490. The minimum atomic E-state index is 0. The molecule has 1 aliphatic rings. The highest BCUT2D eigenvalue weighted by Crippen LogP contribution is 1.90. The summed E-state index contributed by atoms with van der Waals surface area (Å²) in [7, 11) is 0. The number of rotatable bonds is 0. The summed E-state index contributed by atoms with van der Waals surface area (Å²) in [5.41, 5.74) is 3.16. The van der Waals surface area contributed by atoms with Crippen molar-refractivity contribution in [3.63, 3.8) is 0 Å². The van der Waals surface area contributed by atoms with Crippen LogP contribution < -0.4 is 17.9 Å². The molecule has 0 bridgehead atoms. The van der Waals surface area contributed by atoms with Crippen molar-refractivity contribution in [3.05, 3.63) is 11.6 Å². The van der Waals surface area contributed by atoms with Gasteiger partial charge in [0, 0.05) is 0 Å². The van der Waals surface area contributed by atoms with Crippen molar-refractivity contribution >= 4 is 0 Å². The molecule has 1 aliphatic heterocycles. The molecular formula is C5H10ClNO. The molecule has 0 spiro atoms. The molecule has 0 aliphatic carbocycles. The maximum atomic E-state index is 4.99. The van der Waals surface area contributed by atoms with Crippen LogP contribution in [0.4, 0.5) is 0 Å². The Morgan fingerprint density at radius 2 is 2.50 bits per heavy atom. The van der Waals surface area contributed by atoms with Crippen LogP contribution in [-0.2, 0) is 4.84 Å². The molecule has 0 unspecified atom stereocenters. The van der Waals surface area contributed by atoms with Gasteiger partial charge in [-0.3, -0.25) is 0 Å². The van der Waals surface area contributed by atoms with Crippen LogP contribution in [0, 0.1) is 0 Å². The summed E-state index contributed by atoms with van der Waals surface area (Å²) < 4.78 is 0. The second-order valence-electron chi connectivity index (χ2n) is 1.76. The summed E-state index contributed by atoms with van der Waals surface area (Å²) in [5.74, 6) is 0. The van der Waals surface area contributed by atoms with Crippen LogP contribution in [-0.4, -0.2) is 13.2 Å². The van der Waals surface area contributed by atoms with E-state index in [1.54, 1.807) is 0 Å². The van der Waals surface area contributed by atoms with Crippen LogP contribution in [0.3, 0.4) is 0 Å². The number of hydroxylamine groups is 1. The lowest BCUT2D eigenvalue weighted by atomic mass is 10.3. The summed E-state index contributed by atoms with van der Waals surface area (Å²) in [4.78, 5) is 4.99. The van der Waals surface area contributed by atoms with Crippen molar-refractivity contribution in [2.45, 2.75) is 6.92 Å². The number of quaternary nitrogens is 1. The Morgan fingerprint density at radius 1 is 1.75 bits per heavy atom. The molecule has 48 valence electrons. The number of halogens is 1. The SMILES string of the molecule is CC1=CC[NH2+]OC1.[Cl-]. The van der Waals surface area contributed by atoms with E-state index in [0.717, 1.165) is 13.2 Å². The van der Waals surface area contributed by atoms with Crippen LogP contribution in [0.1, 0.15) is 6.92 Å². The van der Waals surface area contributed by atoms with E-state index in [9.17, 15) is 0 Å². The van der Waals surface area contributed by atoms with Gasteiger partial charge in [-0.15, -0.1) is 0 Å². The molecule has 0 saturated carbocycles. The van der Waals surface area contributed by atoms with Gasteiger partial charge in [-0.2, -0.15) is 5.48 Å². The van der Waals surface area contributed by atoms with Crippen LogP contribution in [0.15, 0.2) is 11.6 Å². The van der Waals surface area contributed by atoms with Crippen molar-refractivity contribution in [1.82, 2.24) is 0 Å². The van der Waals surface area contributed by atoms with Gasteiger partial charge in [-0.1, -0.05) is 0 Å². The fourth-order valence-electron chi connectivity index (χ4n) is 0.567. The van der Waals surface area contributed by atoms with Crippen LogP contribution in [0.5, 0.6) is 0 Å². The van der Waals surface area contributed by atoms with Gasteiger partial charge in [0.1, 0.15) is 13.2 Å². The van der Waals surface area contributed by atoms with E-state index in [2.05, 4.69) is 13.0 Å². The molecule has 2 nitrogen and oxygen atoms in total. The molecule has 0 aromatic rings. The molecular weight excluding hydrogens is 126 g/mol. The highest BCUT2D eigenvalue weighted by molar-refractivity contribution is 4.97. The third-order valence-corrected chi connectivity index (χ3v) is 0.991. The lowest BCUT2D eigenvalue weighted by molar-refractivity contribution is -0.891. The zero-order valence-electron chi connectivity index (χ0n) is 4.86. The highest BCUT2D eigenvalue weighted by atomic mass is 35.5. The lowest BCUT2D eigenvalue weighted by Gasteiger charge is -2.04. The van der Waals surface area contributed by atoms with E-state index in [4.69, 9.17) is 4.84 Å². The van der Waals surface area contributed by atoms with E-state index in [1.807, 2.05) is 5.48 Å². The topological polar surface area (TPSA) is 25.8 Å². The zero-order chi connectivity index (χ0) is 5.11. The van der Waals surface area contributed by atoms with Crippen LogP contribution in [0.2, 0.25) is 0 Å². The Hall–Kier alpha value is -0.0500. The summed E-state index contributed by atoms with van der Waals surface area (Å²) in [6.45, 7) is 3.85. The average molecular weight is 136 g/mol. The molecule has 0 saturated heterocycles. The molecule has 0 aromatic heterocycles. The van der Waals surface area contributed by atoms with Gasteiger partial charge in [0.2, 0.25) is 0 Å². The van der Waals surface area contributed by atoms with Crippen LogP contribution >= 0.6 is 0 Å². The first kappa shape index (κ1) is 7.95. The number of nitrogens with two attached hydrogens (primary N) is 1. The maximum absolute atomic E-state index is 4.99. The summed E-state index contributed by atoms with van der Waals surface area (Å²) >= 11 is 0. The maximum Gasteiger partial charge on any atom is 0.127 e. The van der Waals surface area contributed by atoms with Gasteiger partial charge in [-0.05, 0) is 18.6 Å². The molecule has 0 atom stereocenters. The van der Waals surface area contributed by atoms with Gasteiger partial charge in [0.05, 0.1) is 0 Å². The second-order valence-corrected chi connectivity index (χ2v) is 1.76. The van der Waals surface area contributed by atoms with Gasteiger partial charge in [0.15, 0.2) is 0 Å². The second kappa shape index (κ2) is 3.89. The minimum Gasteiger partial charge on any atom is -1.00 e. The Kier molecular flexibility index (Phi) is 3.87. The van der Waals surface area contributed by atoms with Crippen LogP contribution in [0.25, 0.3) is 0 Å². The summed E-state index contributed by atoms with van der Waals surface area (Å²) in [6.07, 6.45) is 2.17. The smallest absolute Gasteiger partial charge is 0.127 e. The quantitative estimate of drug-likeness (QED) is 0.342. The molecule has 1 rings (SSSR count). The normalized spacial score (nSPS) is 18.9. The average Bonchev–Trinajstić information content (AvgIpc) is 1.69. The molecule has 0 fully saturated rings. The van der Waals surface area contributed by atoms with Gasteiger partial charge >= 0.3 is 0 Å². The van der Waals surface area contributed by atoms with Gasteiger partial charge < -0.3 is 12.4 Å². The van der Waals surface area contributed by atoms with Crippen molar-refractivity contribution in [1.29, 1.82) is 0 Å². The van der Waals surface area contributed by atoms with Gasteiger partial charge in [0.25, 0.3) is 0 Å². The standard InChI is InChI=1S/C5H9NO.ClH/c1-5-2-3-6-7-4-5;/h2,6H,3-4H2,1H3;1H. The fourth-order valence-corrected chi connectivity index (χ4v) is 0.567. The Labute approximate surface area is 55.3 Å². The highest BCUT2D eigenvalue weighted by Gasteiger charge is 1.97. The minimum absolute atomic E-state index is 0. The van der Waals surface area contributed by atoms with E-state index in [1.165, 1.54) is 5.57 Å². The molecule has 3 heteroatoms. The first-order valence-corrected chi connectivity index (χ1v) is 2.48. The molecule has 0 radical (unpaired) electrons. The first-order chi connectivity index (χ1) is 3.39. The molecule has 0 amide bonds. The third-order valence-electron chi connectivity index (χ3n) is 0.991. The number of hydrogen-bond donors (Lipinski definition) is 1. The Morgan fingerprint density at radius 3 is 2.75 bits per heavy atom. The van der Waals surface area contributed by atoms with Crippen molar-refractivity contribution in [3.8, 4) is 0 Å². The van der Waals surface area contributed by atoms with E-state index in [0.29, 0.717) is 0 Å². The predicted octanol–water partition coefficient (Wildman–Crippen LogP) is -3.55. The monoisotopic (exact) mass is 135 g/mol. The first-order valence-electron chi connectivity index (χ1n) is 2.48. The lowest BCUT2D eigenvalue weighted by Crippen LogP contribution is -3.00. The molecule has 1 heterocycles.